The van der Waals surface area contributed by atoms with Crippen LogP contribution in [0.4, 0.5) is 10.5 Å². The molecule has 33 heavy (non-hydrogen) atoms. The van der Waals surface area contributed by atoms with Crippen molar-refractivity contribution >= 4 is 44.8 Å². The fraction of sp³-hybridized carbons (Fsp3) is 0.208. The highest BCUT2D eigenvalue weighted by Gasteiger charge is 2.19. The third-order valence-electron chi connectivity index (χ3n) is 5.41. The van der Waals surface area contributed by atoms with Gasteiger partial charge in [0, 0.05) is 5.69 Å². The van der Waals surface area contributed by atoms with Gasteiger partial charge in [-0.25, -0.2) is 13.2 Å². The Morgan fingerprint density at radius 1 is 1.03 bits per heavy atom. The van der Waals surface area contributed by atoms with Crippen LogP contribution in [-0.2, 0) is 33.5 Å². The number of hydrogen-bond acceptors (Lipinski definition) is 4. The number of carbonyl (C=O) groups is 1. The Bertz CT molecular complexity index is 1290. The standard InChI is InChI=1S/C24H22Cl2N2O4S/c1-15(21-3-2-4-22(25)23(21)26)27-24(29)28-19-7-9-20(10-8-19)33(30,31)14-16-5-6-17-12-32-13-18(17)11-16/h2-11,15H,12-14H2,1H3,(H2,27,28,29). The fourth-order valence-electron chi connectivity index (χ4n) is 3.66. The van der Waals surface area contributed by atoms with Crippen molar-refractivity contribution in [2.45, 2.75) is 36.8 Å². The smallest absolute Gasteiger partial charge is 0.319 e. The Hall–Kier alpha value is -2.58. The third kappa shape index (κ3) is 5.50. The van der Waals surface area contributed by atoms with Crippen molar-refractivity contribution in [3.8, 4) is 0 Å². The summed E-state index contributed by atoms with van der Waals surface area (Å²) in [7, 11) is -3.54. The van der Waals surface area contributed by atoms with Crippen molar-refractivity contribution in [2.24, 2.45) is 0 Å². The second kappa shape index (κ2) is 9.73. The number of fused-ring (bicyclic) bond motifs is 1. The Balaban J connectivity index is 1.39. The van der Waals surface area contributed by atoms with Crippen molar-refractivity contribution < 1.29 is 17.9 Å². The summed E-state index contributed by atoms with van der Waals surface area (Å²) in [6.07, 6.45) is 0. The quantitative estimate of drug-likeness (QED) is 0.438. The van der Waals surface area contributed by atoms with Gasteiger partial charge in [0.15, 0.2) is 9.84 Å². The molecule has 172 valence electrons. The van der Waals surface area contributed by atoms with Gasteiger partial charge in [-0.05, 0) is 59.5 Å². The first-order chi connectivity index (χ1) is 15.7. The molecule has 1 heterocycles. The monoisotopic (exact) mass is 504 g/mol. The van der Waals surface area contributed by atoms with Gasteiger partial charge in [-0.1, -0.05) is 53.5 Å². The first kappa shape index (κ1) is 23.6. The highest BCUT2D eigenvalue weighted by atomic mass is 35.5. The Morgan fingerprint density at radius 2 is 1.76 bits per heavy atom. The maximum absolute atomic E-state index is 12.8. The molecule has 2 amide bonds. The predicted octanol–water partition coefficient (Wildman–Crippen LogP) is 5.88. The maximum atomic E-state index is 12.8. The predicted molar refractivity (Wildman–Crippen MR) is 129 cm³/mol. The first-order valence-electron chi connectivity index (χ1n) is 10.3. The van der Waals surface area contributed by atoms with Crippen molar-refractivity contribution in [2.75, 3.05) is 5.32 Å². The molecule has 4 rings (SSSR count). The van der Waals surface area contributed by atoms with Gasteiger partial charge in [0.2, 0.25) is 0 Å². The Kier molecular flexibility index (Phi) is 6.95. The zero-order valence-electron chi connectivity index (χ0n) is 17.8. The molecule has 6 nitrogen and oxygen atoms in total. The van der Waals surface area contributed by atoms with Crippen LogP contribution in [0.1, 0.15) is 35.2 Å². The Morgan fingerprint density at radius 3 is 2.52 bits per heavy atom. The second-order valence-corrected chi connectivity index (χ2v) is 10.6. The molecule has 3 aromatic rings. The lowest BCUT2D eigenvalue weighted by Crippen LogP contribution is -2.31. The van der Waals surface area contributed by atoms with Gasteiger partial charge in [-0.15, -0.1) is 0 Å². The van der Waals surface area contributed by atoms with Crippen LogP contribution >= 0.6 is 23.2 Å². The van der Waals surface area contributed by atoms with Crippen LogP contribution in [0.3, 0.4) is 0 Å². The van der Waals surface area contributed by atoms with Crippen LogP contribution < -0.4 is 10.6 Å². The zero-order chi connectivity index (χ0) is 23.6. The molecule has 1 aliphatic heterocycles. The van der Waals surface area contributed by atoms with Gasteiger partial charge in [0.25, 0.3) is 0 Å². The van der Waals surface area contributed by atoms with Crippen LogP contribution in [0, 0.1) is 0 Å². The number of sulfone groups is 1. The lowest BCUT2D eigenvalue weighted by atomic mass is 10.1. The first-order valence-corrected chi connectivity index (χ1v) is 12.7. The van der Waals surface area contributed by atoms with Gasteiger partial charge in [0.05, 0.1) is 39.9 Å². The molecule has 0 aliphatic carbocycles. The number of urea groups is 1. The summed E-state index contributed by atoms with van der Waals surface area (Å²) in [5.41, 5.74) is 4.00. The van der Waals surface area contributed by atoms with E-state index in [1.807, 2.05) is 18.2 Å². The van der Waals surface area contributed by atoms with Crippen LogP contribution in [0.2, 0.25) is 10.0 Å². The molecule has 1 atom stereocenters. The average molecular weight is 505 g/mol. The molecule has 9 heteroatoms. The van der Waals surface area contributed by atoms with E-state index in [0.717, 1.165) is 16.7 Å². The minimum Gasteiger partial charge on any atom is -0.372 e. The summed E-state index contributed by atoms with van der Waals surface area (Å²) in [4.78, 5) is 12.6. The molecule has 0 radical (unpaired) electrons. The fourth-order valence-corrected chi connectivity index (χ4v) is 5.47. The maximum Gasteiger partial charge on any atom is 0.319 e. The summed E-state index contributed by atoms with van der Waals surface area (Å²) in [6, 6.07) is 16.1. The minimum absolute atomic E-state index is 0.106. The van der Waals surface area contributed by atoms with Crippen molar-refractivity contribution in [3.05, 3.63) is 93.0 Å². The van der Waals surface area contributed by atoms with E-state index in [2.05, 4.69) is 10.6 Å². The molecule has 3 aromatic carbocycles. The van der Waals surface area contributed by atoms with Gasteiger partial charge in [-0.3, -0.25) is 0 Å². The Labute approximate surface area is 202 Å². The number of hydrogen-bond donors (Lipinski definition) is 2. The largest absolute Gasteiger partial charge is 0.372 e. The van der Waals surface area contributed by atoms with E-state index >= 15 is 0 Å². The number of carbonyl (C=O) groups excluding carboxylic acids is 1. The molecule has 0 aromatic heterocycles. The molecule has 0 saturated heterocycles. The van der Waals surface area contributed by atoms with Gasteiger partial charge in [-0.2, -0.15) is 0 Å². The SMILES string of the molecule is CC(NC(=O)Nc1ccc(S(=O)(=O)Cc2ccc3c(c2)COC3)cc1)c1cccc(Cl)c1Cl. The zero-order valence-corrected chi connectivity index (χ0v) is 20.1. The number of anilines is 1. The van der Waals surface area contributed by atoms with E-state index in [0.29, 0.717) is 34.5 Å². The van der Waals surface area contributed by atoms with Crippen LogP contribution in [-0.4, -0.2) is 14.4 Å². The number of halogens is 2. The van der Waals surface area contributed by atoms with E-state index in [4.69, 9.17) is 27.9 Å². The van der Waals surface area contributed by atoms with Crippen molar-refractivity contribution in [1.82, 2.24) is 5.32 Å². The average Bonchev–Trinajstić information content (AvgIpc) is 3.23. The highest BCUT2D eigenvalue weighted by molar-refractivity contribution is 7.90. The molecule has 1 aliphatic rings. The summed E-state index contributed by atoms with van der Waals surface area (Å²) >= 11 is 12.2. The summed E-state index contributed by atoms with van der Waals surface area (Å²) < 4.78 is 31.1. The summed E-state index contributed by atoms with van der Waals surface area (Å²) in [6.45, 7) is 2.86. The lowest BCUT2D eigenvalue weighted by molar-refractivity contribution is 0.134. The molecule has 1 unspecified atom stereocenters. The van der Waals surface area contributed by atoms with E-state index < -0.39 is 15.9 Å². The molecule has 0 saturated carbocycles. The van der Waals surface area contributed by atoms with Crippen molar-refractivity contribution in [1.29, 1.82) is 0 Å². The molecule has 0 spiro atoms. The highest BCUT2D eigenvalue weighted by Crippen LogP contribution is 2.30. The van der Waals surface area contributed by atoms with Crippen LogP contribution in [0.5, 0.6) is 0 Å². The van der Waals surface area contributed by atoms with E-state index in [1.54, 1.807) is 37.3 Å². The molecule has 0 fully saturated rings. The number of rotatable bonds is 6. The van der Waals surface area contributed by atoms with Crippen LogP contribution in [0.15, 0.2) is 65.6 Å². The van der Waals surface area contributed by atoms with Gasteiger partial charge < -0.3 is 15.4 Å². The van der Waals surface area contributed by atoms with Gasteiger partial charge >= 0.3 is 6.03 Å². The molecule has 2 N–H and O–H groups in total. The van der Waals surface area contributed by atoms with Crippen molar-refractivity contribution in [3.63, 3.8) is 0 Å². The number of ether oxygens (including phenoxy) is 1. The van der Waals surface area contributed by atoms with Gasteiger partial charge in [0.1, 0.15) is 0 Å². The minimum atomic E-state index is -3.54. The van der Waals surface area contributed by atoms with E-state index in [1.165, 1.54) is 12.1 Å². The number of amides is 2. The summed E-state index contributed by atoms with van der Waals surface area (Å²) in [5, 5.41) is 6.28. The lowest BCUT2D eigenvalue weighted by Gasteiger charge is -2.17. The second-order valence-electron chi connectivity index (χ2n) is 7.84. The normalized spacial score (nSPS) is 13.9. The third-order valence-corrected chi connectivity index (χ3v) is 7.95. The number of benzene rings is 3. The van der Waals surface area contributed by atoms with E-state index in [9.17, 15) is 13.2 Å². The van der Waals surface area contributed by atoms with Crippen LogP contribution in [0.25, 0.3) is 0 Å². The molecular formula is C24H22Cl2N2O4S. The summed E-state index contributed by atoms with van der Waals surface area (Å²) in [5.74, 6) is -0.106. The molecule has 0 bridgehead atoms. The molecular weight excluding hydrogens is 483 g/mol. The van der Waals surface area contributed by atoms with E-state index in [-0.39, 0.29) is 16.7 Å². The topological polar surface area (TPSA) is 84.5 Å². The number of nitrogens with one attached hydrogen (secondary N) is 2.